The van der Waals surface area contributed by atoms with E-state index in [9.17, 15) is 14.4 Å². The van der Waals surface area contributed by atoms with Crippen LogP contribution < -0.4 is 5.32 Å². The molecule has 0 aromatic carbocycles. The second kappa shape index (κ2) is 7.83. The van der Waals surface area contributed by atoms with Crippen molar-refractivity contribution in [2.75, 3.05) is 7.11 Å². The molecule has 1 amide bonds. The molecule has 1 atom stereocenters. The van der Waals surface area contributed by atoms with Crippen LogP contribution in [0.5, 0.6) is 0 Å². The van der Waals surface area contributed by atoms with Crippen molar-refractivity contribution >= 4 is 17.8 Å². The van der Waals surface area contributed by atoms with Crippen LogP contribution in [0.2, 0.25) is 0 Å². The maximum Gasteiger partial charge on any atom is 0.407 e. The van der Waals surface area contributed by atoms with Crippen molar-refractivity contribution in [1.82, 2.24) is 5.32 Å². The van der Waals surface area contributed by atoms with Gasteiger partial charge in [-0.05, 0) is 12.5 Å². The summed E-state index contributed by atoms with van der Waals surface area (Å²) in [7, 11) is 1.11. The van der Waals surface area contributed by atoms with Crippen LogP contribution in [-0.4, -0.2) is 36.1 Å². The predicted octanol–water partition coefficient (Wildman–Crippen LogP) is 1.05. The summed E-state index contributed by atoms with van der Waals surface area (Å²) in [5.41, 5.74) is 0.144. The maximum absolute atomic E-state index is 11.4. The van der Waals surface area contributed by atoms with Crippen LogP contribution in [0.25, 0.3) is 0 Å². The van der Waals surface area contributed by atoms with Crippen molar-refractivity contribution in [2.45, 2.75) is 13.0 Å². The summed E-state index contributed by atoms with van der Waals surface area (Å²) in [6, 6.07) is -1.35. The predicted molar refractivity (Wildman–Crippen MR) is 65.1 cm³/mol. The smallest absolute Gasteiger partial charge is 0.407 e. The molecule has 6 nitrogen and oxygen atoms in total. The molecule has 0 radical (unpaired) electrons. The van der Waals surface area contributed by atoms with Crippen LogP contribution in [0.1, 0.15) is 6.92 Å². The molecule has 0 aliphatic heterocycles. The largest absolute Gasteiger partial charge is 0.475 e. The number of hydrogen-bond acceptors (Lipinski definition) is 4. The molecule has 0 spiro atoms. The Morgan fingerprint density at radius 3 is 2.39 bits per heavy atom. The van der Waals surface area contributed by atoms with E-state index < -0.39 is 23.9 Å². The number of rotatable bonds is 6. The highest BCUT2D eigenvalue weighted by molar-refractivity contribution is 6.36. The molecule has 0 bridgehead atoms. The van der Waals surface area contributed by atoms with Crippen LogP contribution in [0.4, 0.5) is 4.79 Å². The molecule has 6 heteroatoms. The Kier molecular flexibility index (Phi) is 6.80. The highest BCUT2D eigenvalue weighted by atomic mass is 16.5. The Hall–Kier alpha value is -2.37. The molecule has 0 saturated carbocycles. The monoisotopic (exact) mass is 253 g/mol. The van der Waals surface area contributed by atoms with E-state index in [4.69, 9.17) is 5.11 Å². The van der Waals surface area contributed by atoms with Gasteiger partial charge in [-0.15, -0.1) is 0 Å². The number of carbonyl (C=O) groups excluding carboxylic acids is 2. The third-order valence-corrected chi connectivity index (χ3v) is 1.91. The van der Waals surface area contributed by atoms with E-state index in [1.165, 1.54) is 6.08 Å². The Labute approximate surface area is 105 Å². The fraction of sp³-hybridized carbons (Fsp3) is 0.250. The summed E-state index contributed by atoms with van der Waals surface area (Å²) < 4.78 is 4.31. The molecule has 2 N–H and O–H groups in total. The quantitative estimate of drug-likeness (QED) is 0.545. The number of amides is 1. The lowest BCUT2D eigenvalue weighted by atomic mass is 10.0. The van der Waals surface area contributed by atoms with E-state index >= 15 is 0 Å². The average molecular weight is 253 g/mol. The van der Waals surface area contributed by atoms with Crippen molar-refractivity contribution in [3.05, 3.63) is 36.5 Å². The van der Waals surface area contributed by atoms with Crippen molar-refractivity contribution < 1.29 is 24.2 Å². The summed E-state index contributed by atoms with van der Waals surface area (Å²) in [4.78, 5) is 33.0. The zero-order valence-corrected chi connectivity index (χ0v) is 10.2. The van der Waals surface area contributed by atoms with Gasteiger partial charge in [0.15, 0.2) is 0 Å². The standard InChI is InChI=1S/C12H15NO5/c1-4-5-6-7-8(2)9(10(14)11(15)16)13-12(17)18-3/h4-7,9H,2H2,1,3H3,(H,13,17)(H,15,16)/b5-4-,7-6-/t9-/m1/s1. The lowest BCUT2D eigenvalue weighted by Gasteiger charge is -2.14. The van der Waals surface area contributed by atoms with E-state index in [1.54, 1.807) is 25.2 Å². The van der Waals surface area contributed by atoms with E-state index in [0.29, 0.717) is 0 Å². The molecular weight excluding hydrogens is 238 g/mol. The van der Waals surface area contributed by atoms with Crippen LogP contribution >= 0.6 is 0 Å². The van der Waals surface area contributed by atoms with Crippen molar-refractivity contribution in [2.24, 2.45) is 0 Å². The number of hydrogen-bond donors (Lipinski definition) is 2. The Morgan fingerprint density at radius 2 is 1.94 bits per heavy atom. The molecule has 0 saturated heterocycles. The van der Waals surface area contributed by atoms with Crippen LogP contribution in [0, 0.1) is 0 Å². The molecule has 0 aromatic heterocycles. The fourth-order valence-corrected chi connectivity index (χ4v) is 1.01. The lowest BCUT2D eigenvalue weighted by Crippen LogP contribution is -2.44. The van der Waals surface area contributed by atoms with Gasteiger partial charge >= 0.3 is 12.1 Å². The van der Waals surface area contributed by atoms with E-state index in [2.05, 4.69) is 16.6 Å². The highest BCUT2D eigenvalue weighted by Crippen LogP contribution is 2.04. The SMILES string of the molecule is C=C(/C=C\C=C/C)[C@@H](NC(=O)OC)C(=O)C(=O)O. The molecule has 0 heterocycles. The normalized spacial score (nSPS) is 12.3. The number of ketones is 1. The number of alkyl carbamates (subject to hydrolysis) is 1. The lowest BCUT2D eigenvalue weighted by molar-refractivity contribution is -0.149. The highest BCUT2D eigenvalue weighted by Gasteiger charge is 2.28. The minimum absolute atomic E-state index is 0.144. The van der Waals surface area contributed by atoms with Gasteiger partial charge in [0, 0.05) is 0 Å². The molecule has 0 fully saturated rings. The first kappa shape index (κ1) is 15.6. The van der Waals surface area contributed by atoms with Crippen molar-refractivity contribution in [1.29, 1.82) is 0 Å². The summed E-state index contributed by atoms with van der Waals surface area (Å²) in [5.74, 6) is -2.84. The average Bonchev–Trinajstić information content (AvgIpc) is 2.34. The number of carboxylic acid groups (broad SMARTS) is 1. The van der Waals surface area contributed by atoms with Crippen molar-refractivity contribution in [3.63, 3.8) is 0 Å². The van der Waals surface area contributed by atoms with Gasteiger partial charge in [-0.1, -0.05) is 30.9 Å². The summed E-state index contributed by atoms with van der Waals surface area (Å²) >= 11 is 0. The van der Waals surface area contributed by atoms with Gasteiger partial charge < -0.3 is 15.2 Å². The third kappa shape index (κ3) is 5.11. The summed E-state index contributed by atoms with van der Waals surface area (Å²) in [6.45, 7) is 5.33. The summed E-state index contributed by atoms with van der Waals surface area (Å²) in [5, 5.41) is 10.7. The molecule has 98 valence electrons. The Balaban J connectivity index is 4.97. The van der Waals surface area contributed by atoms with E-state index in [1.807, 2.05) is 0 Å². The number of carbonyl (C=O) groups is 3. The molecule has 0 rings (SSSR count). The second-order valence-corrected chi connectivity index (χ2v) is 3.20. The molecule has 0 aromatic rings. The first-order valence-electron chi connectivity index (χ1n) is 5.03. The number of aliphatic carboxylic acids is 1. The number of methoxy groups -OCH3 is 1. The van der Waals surface area contributed by atoms with Gasteiger partial charge in [0.2, 0.25) is 0 Å². The first-order valence-corrected chi connectivity index (χ1v) is 5.03. The number of Topliss-reactive ketones (excluding diaryl/α,β-unsaturated/α-hetero) is 1. The molecule has 0 aliphatic rings. The molecular formula is C12H15NO5. The summed E-state index contributed by atoms with van der Waals surface area (Å²) in [6.07, 6.45) is 5.51. The van der Waals surface area contributed by atoms with Gasteiger partial charge in [0.1, 0.15) is 6.04 Å². The Bertz CT molecular complexity index is 409. The Morgan fingerprint density at radius 1 is 1.33 bits per heavy atom. The zero-order chi connectivity index (χ0) is 14.1. The fourth-order valence-electron chi connectivity index (χ4n) is 1.01. The molecule has 18 heavy (non-hydrogen) atoms. The topological polar surface area (TPSA) is 92.7 Å². The van der Waals surface area contributed by atoms with Gasteiger partial charge in [-0.2, -0.15) is 0 Å². The van der Waals surface area contributed by atoms with Crippen molar-refractivity contribution in [3.8, 4) is 0 Å². The molecule has 0 unspecified atom stereocenters. The van der Waals surface area contributed by atoms with Crippen LogP contribution in [0.3, 0.4) is 0 Å². The number of nitrogens with one attached hydrogen (secondary N) is 1. The first-order chi connectivity index (χ1) is 8.43. The van der Waals surface area contributed by atoms with Crippen LogP contribution in [0.15, 0.2) is 36.5 Å². The maximum atomic E-state index is 11.4. The van der Waals surface area contributed by atoms with E-state index in [0.717, 1.165) is 7.11 Å². The zero-order valence-electron chi connectivity index (χ0n) is 10.2. The third-order valence-electron chi connectivity index (χ3n) is 1.91. The molecule has 0 aliphatic carbocycles. The van der Waals surface area contributed by atoms with Gasteiger partial charge in [0.05, 0.1) is 7.11 Å². The number of carboxylic acids is 1. The van der Waals surface area contributed by atoms with Gasteiger partial charge in [0.25, 0.3) is 5.78 Å². The number of ether oxygens (including phenoxy) is 1. The minimum Gasteiger partial charge on any atom is -0.475 e. The van der Waals surface area contributed by atoms with Gasteiger partial charge in [-0.25, -0.2) is 9.59 Å². The minimum atomic E-state index is -1.66. The van der Waals surface area contributed by atoms with Gasteiger partial charge in [-0.3, -0.25) is 4.79 Å². The van der Waals surface area contributed by atoms with Crippen LogP contribution in [-0.2, 0) is 14.3 Å². The van der Waals surface area contributed by atoms with E-state index in [-0.39, 0.29) is 5.57 Å². The number of allylic oxidation sites excluding steroid dienone is 3. The second-order valence-electron chi connectivity index (χ2n) is 3.20.